The van der Waals surface area contributed by atoms with Crippen molar-refractivity contribution in [1.29, 1.82) is 0 Å². The van der Waals surface area contributed by atoms with Gasteiger partial charge in [-0.25, -0.2) is 0 Å². The average molecular weight is 304 g/mol. The molecular formula is C23H28. The number of hydrogen-bond donors (Lipinski definition) is 0. The number of allylic oxidation sites excluding steroid dienone is 3. The van der Waals surface area contributed by atoms with Crippen LogP contribution in [0.2, 0.25) is 0 Å². The standard InChI is InChI=1S/C23H28/c1-6-8-19-16(2)9-7-10-20-21(19)14-12-17-11-13-18(15-22(17)20)23(3,4)5/h7,10-15H,6,8-9H2,1-5H3. The maximum absolute atomic E-state index is 2.41. The van der Waals surface area contributed by atoms with Crippen molar-refractivity contribution in [2.24, 2.45) is 0 Å². The molecule has 0 amide bonds. The van der Waals surface area contributed by atoms with Crippen LogP contribution in [0.15, 0.2) is 42.0 Å². The molecule has 120 valence electrons. The van der Waals surface area contributed by atoms with Gasteiger partial charge in [0.05, 0.1) is 0 Å². The van der Waals surface area contributed by atoms with Gasteiger partial charge in [0.25, 0.3) is 0 Å². The molecule has 0 N–H and O–H groups in total. The molecule has 0 aromatic heterocycles. The zero-order valence-corrected chi connectivity index (χ0v) is 15.2. The predicted octanol–water partition coefficient (Wildman–Crippen LogP) is 7.13. The summed E-state index contributed by atoms with van der Waals surface area (Å²) in [5, 5.41) is 2.74. The first-order valence-electron chi connectivity index (χ1n) is 8.84. The fourth-order valence-electron chi connectivity index (χ4n) is 3.56. The van der Waals surface area contributed by atoms with E-state index in [4.69, 9.17) is 0 Å². The SMILES string of the molecule is CCCC1=C(C)CC=Cc2c1ccc1ccc(C(C)(C)C)cc21. The maximum atomic E-state index is 2.41. The number of benzene rings is 2. The van der Waals surface area contributed by atoms with E-state index >= 15 is 0 Å². The van der Waals surface area contributed by atoms with Crippen molar-refractivity contribution in [2.45, 2.75) is 59.3 Å². The molecule has 0 heterocycles. The summed E-state index contributed by atoms with van der Waals surface area (Å²) in [6, 6.07) is 11.6. The lowest BCUT2D eigenvalue weighted by Gasteiger charge is -2.21. The lowest BCUT2D eigenvalue weighted by molar-refractivity contribution is 0.591. The molecule has 2 aromatic rings. The Balaban J connectivity index is 2.29. The Morgan fingerprint density at radius 2 is 1.78 bits per heavy atom. The second-order valence-corrected chi connectivity index (χ2v) is 7.83. The van der Waals surface area contributed by atoms with Crippen LogP contribution in [0.25, 0.3) is 22.4 Å². The molecule has 3 rings (SSSR count). The van der Waals surface area contributed by atoms with E-state index in [1.165, 1.54) is 45.9 Å². The molecule has 0 saturated heterocycles. The molecule has 0 saturated carbocycles. The van der Waals surface area contributed by atoms with Gasteiger partial charge in [-0.2, -0.15) is 0 Å². The minimum atomic E-state index is 0.184. The first-order valence-corrected chi connectivity index (χ1v) is 8.84. The van der Waals surface area contributed by atoms with Gasteiger partial charge in [0, 0.05) is 0 Å². The van der Waals surface area contributed by atoms with E-state index < -0.39 is 0 Å². The molecule has 1 aliphatic carbocycles. The number of hydrogen-bond acceptors (Lipinski definition) is 0. The van der Waals surface area contributed by atoms with Crippen molar-refractivity contribution < 1.29 is 0 Å². The molecule has 0 spiro atoms. The van der Waals surface area contributed by atoms with Crippen molar-refractivity contribution in [3.05, 3.63) is 58.7 Å². The van der Waals surface area contributed by atoms with E-state index in [1.54, 1.807) is 5.57 Å². The quantitative estimate of drug-likeness (QED) is 0.553. The van der Waals surface area contributed by atoms with Crippen LogP contribution in [-0.4, -0.2) is 0 Å². The zero-order chi connectivity index (χ0) is 16.6. The predicted molar refractivity (Wildman–Crippen MR) is 104 cm³/mol. The summed E-state index contributed by atoms with van der Waals surface area (Å²) in [7, 11) is 0. The van der Waals surface area contributed by atoms with Gasteiger partial charge in [0.1, 0.15) is 0 Å². The molecule has 0 heteroatoms. The minimum Gasteiger partial charge on any atom is -0.0798 e. The fraction of sp³-hybridized carbons (Fsp3) is 0.391. The van der Waals surface area contributed by atoms with E-state index in [1.807, 2.05) is 0 Å². The highest BCUT2D eigenvalue weighted by Crippen LogP contribution is 2.37. The van der Waals surface area contributed by atoms with Gasteiger partial charge in [-0.1, -0.05) is 82.2 Å². The fourth-order valence-corrected chi connectivity index (χ4v) is 3.56. The first-order chi connectivity index (χ1) is 10.9. The summed E-state index contributed by atoms with van der Waals surface area (Å²) in [6.45, 7) is 11.4. The second-order valence-electron chi connectivity index (χ2n) is 7.83. The highest BCUT2D eigenvalue weighted by molar-refractivity contribution is 5.97. The van der Waals surface area contributed by atoms with Crippen LogP contribution in [0.1, 0.15) is 70.6 Å². The Bertz CT molecular complexity index is 795. The van der Waals surface area contributed by atoms with Crippen molar-refractivity contribution in [3.8, 4) is 0 Å². The van der Waals surface area contributed by atoms with Crippen LogP contribution in [-0.2, 0) is 5.41 Å². The molecule has 1 aliphatic rings. The van der Waals surface area contributed by atoms with Gasteiger partial charge < -0.3 is 0 Å². The van der Waals surface area contributed by atoms with Gasteiger partial charge in [-0.3, -0.25) is 0 Å². The van der Waals surface area contributed by atoms with Crippen LogP contribution in [0.3, 0.4) is 0 Å². The lowest BCUT2D eigenvalue weighted by atomic mass is 9.84. The van der Waals surface area contributed by atoms with E-state index in [9.17, 15) is 0 Å². The molecule has 2 aromatic carbocycles. The van der Waals surface area contributed by atoms with Crippen LogP contribution in [0, 0.1) is 0 Å². The first kappa shape index (κ1) is 16.1. The number of rotatable bonds is 2. The van der Waals surface area contributed by atoms with Crippen molar-refractivity contribution in [1.82, 2.24) is 0 Å². The Hall–Kier alpha value is -1.82. The van der Waals surface area contributed by atoms with Crippen LogP contribution in [0.4, 0.5) is 0 Å². The molecule has 0 atom stereocenters. The van der Waals surface area contributed by atoms with Gasteiger partial charge >= 0.3 is 0 Å². The van der Waals surface area contributed by atoms with Crippen LogP contribution in [0.5, 0.6) is 0 Å². The van der Waals surface area contributed by atoms with Crippen LogP contribution < -0.4 is 0 Å². The van der Waals surface area contributed by atoms with Gasteiger partial charge in [0.2, 0.25) is 0 Å². The molecule has 23 heavy (non-hydrogen) atoms. The molecule has 0 aliphatic heterocycles. The molecule has 0 bridgehead atoms. The summed E-state index contributed by atoms with van der Waals surface area (Å²) in [6.07, 6.45) is 8.12. The van der Waals surface area contributed by atoms with Gasteiger partial charge in [-0.15, -0.1) is 0 Å². The smallest absolute Gasteiger partial charge is 0.0102 e. The van der Waals surface area contributed by atoms with Gasteiger partial charge in [-0.05, 0) is 58.2 Å². The normalized spacial score (nSPS) is 15.0. The Morgan fingerprint density at radius 1 is 1.04 bits per heavy atom. The zero-order valence-electron chi connectivity index (χ0n) is 15.2. The van der Waals surface area contributed by atoms with E-state index in [0.717, 1.165) is 6.42 Å². The highest BCUT2D eigenvalue weighted by Gasteiger charge is 2.17. The molecule has 0 unspecified atom stereocenters. The highest BCUT2D eigenvalue weighted by atomic mass is 14.2. The molecular weight excluding hydrogens is 276 g/mol. The third-order valence-corrected chi connectivity index (χ3v) is 4.98. The van der Waals surface area contributed by atoms with E-state index in [2.05, 4.69) is 77.1 Å². The Kier molecular flexibility index (Phi) is 4.19. The Labute approximate surface area is 140 Å². The third-order valence-electron chi connectivity index (χ3n) is 4.98. The topological polar surface area (TPSA) is 0 Å². The van der Waals surface area contributed by atoms with Crippen molar-refractivity contribution in [3.63, 3.8) is 0 Å². The third kappa shape index (κ3) is 3.00. The molecule has 0 nitrogen and oxygen atoms in total. The number of fused-ring (bicyclic) bond motifs is 3. The average Bonchev–Trinajstić information content (AvgIpc) is 2.66. The summed E-state index contributed by atoms with van der Waals surface area (Å²) in [4.78, 5) is 0. The Morgan fingerprint density at radius 3 is 2.48 bits per heavy atom. The lowest BCUT2D eigenvalue weighted by Crippen LogP contribution is -2.10. The van der Waals surface area contributed by atoms with Gasteiger partial charge in [0.15, 0.2) is 0 Å². The molecule has 0 fully saturated rings. The van der Waals surface area contributed by atoms with Crippen molar-refractivity contribution in [2.75, 3.05) is 0 Å². The summed E-state index contributed by atoms with van der Waals surface area (Å²) < 4.78 is 0. The summed E-state index contributed by atoms with van der Waals surface area (Å²) in [5.41, 5.74) is 7.52. The summed E-state index contributed by atoms with van der Waals surface area (Å²) >= 11 is 0. The second kappa shape index (κ2) is 6.00. The van der Waals surface area contributed by atoms with E-state index in [0.29, 0.717) is 0 Å². The maximum Gasteiger partial charge on any atom is -0.0102 e. The van der Waals surface area contributed by atoms with Crippen molar-refractivity contribution >= 4 is 22.4 Å². The van der Waals surface area contributed by atoms with Crippen LogP contribution >= 0.6 is 0 Å². The minimum absolute atomic E-state index is 0.184. The monoisotopic (exact) mass is 304 g/mol. The van der Waals surface area contributed by atoms with E-state index in [-0.39, 0.29) is 5.41 Å². The summed E-state index contributed by atoms with van der Waals surface area (Å²) in [5.74, 6) is 0. The molecule has 0 radical (unpaired) electrons. The largest absolute Gasteiger partial charge is 0.0798 e.